The number of carboxylic acid groups (broad SMARTS) is 1. The Bertz CT molecular complexity index is 688. The summed E-state index contributed by atoms with van der Waals surface area (Å²) in [5.74, 6) is 1.01. The smallest absolute Gasteiger partial charge is 0.335 e. The second kappa shape index (κ2) is 5.87. The highest BCUT2D eigenvalue weighted by molar-refractivity contribution is 7.98. The van der Waals surface area contributed by atoms with E-state index in [2.05, 4.69) is 10.3 Å². The number of fused-ring (bicyclic) bond motifs is 1. The maximum absolute atomic E-state index is 12.2. The van der Waals surface area contributed by atoms with Crippen molar-refractivity contribution in [1.29, 1.82) is 0 Å². The molecule has 0 spiro atoms. The summed E-state index contributed by atoms with van der Waals surface area (Å²) in [5, 5.41) is 11.6. The highest BCUT2D eigenvalue weighted by atomic mass is 32.2. The highest BCUT2D eigenvalue weighted by Crippen LogP contribution is 2.31. The standard InChI is InChI=1S/C14H12N2O3S2/c17-13(11-5-9-7-20-4-2-10(9)21-11)16-12-6-8(14(18)19)1-3-15-12/h1,3,5-6H,2,4,7H2,(H,18,19)(H,15,16,17). The van der Waals surface area contributed by atoms with Crippen molar-refractivity contribution in [1.82, 2.24) is 4.98 Å². The van der Waals surface area contributed by atoms with Crippen LogP contribution < -0.4 is 5.32 Å². The Labute approximate surface area is 129 Å². The van der Waals surface area contributed by atoms with Crippen LogP contribution in [0.5, 0.6) is 0 Å². The topological polar surface area (TPSA) is 79.3 Å². The lowest BCUT2D eigenvalue weighted by molar-refractivity contribution is 0.0696. The number of carboxylic acids is 1. The molecule has 1 aliphatic rings. The van der Waals surface area contributed by atoms with Crippen LogP contribution in [-0.2, 0) is 12.2 Å². The van der Waals surface area contributed by atoms with Gasteiger partial charge in [0.15, 0.2) is 0 Å². The van der Waals surface area contributed by atoms with E-state index in [9.17, 15) is 9.59 Å². The summed E-state index contributed by atoms with van der Waals surface area (Å²) >= 11 is 3.37. The Morgan fingerprint density at radius 2 is 2.19 bits per heavy atom. The van der Waals surface area contributed by atoms with E-state index in [1.807, 2.05) is 17.8 Å². The summed E-state index contributed by atoms with van der Waals surface area (Å²) in [6.07, 6.45) is 2.37. The quantitative estimate of drug-likeness (QED) is 0.909. The summed E-state index contributed by atoms with van der Waals surface area (Å²) in [4.78, 5) is 29.0. The number of thiophene rings is 1. The van der Waals surface area contributed by atoms with Crippen LogP contribution in [0, 0.1) is 0 Å². The zero-order valence-electron chi connectivity index (χ0n) is 11.0. The predicted octanol–water partition coefficient (Wildman–Crippen LogP) is 2.88. The molecule has 0 unspecified atom stereocenters. The minimum atomic E-state index is -1.04. The summed E-state index contributed by atoms with van der Waals surface area (Å²) < 4.78 is 0. The first-order valence-electron chi connectivity index (χ1n) is 6.33. The van der Waals surface area contributed by atoms with Gasteiger partial charge in [0.2, 0.25) is 0 Å². The summed E-state index contributed by atoms with van der Waals surface area (Å²) in [6, 6.07) is 4.66. The molecule has 3 rings (SSSR count). The van der Waals surface area contributed by atoms with Gasteiger partial charge in [0.1, 0.15) is 5.82 Å². The number of aryl methyl sites for hydroxylation is 1. The first-order valence-corrected chi connectivity index (χ1v) is 8.30. The fourth-order valence-electron chi connectivity index (χ4n) is 2.07. The van der Waals surface area contributed by atoms with Crippen LogP contribution in [0.1, 0.15) is 30.5 Å². The number of nitrogens with one attached hydrogen (secondary N) is 1. The van der Waals surface area contributed by atoms with Crippen molar-refractivity contribution in [3.8, 4) is 0 Å². The first-order chi connectivity index (χ1) is 10.1. The van der Waals surface area contributed by atoms with Crippen molar-refractivity contribution in [3.63, 3.8) is 0 Å². The predicted molar refractivity (Wildman–Crippen MR) is 83.3 cm³/mol. The molecule has 0 saturated carbocycles. The number of aromatic carboxylic acids is 1. The zero-order chi connectivity index (χ0) is 14.8. The normalized spacial score (nSPS) is 13.5. The molecule has 2 aromatic heterocycles. The molecule has 0 fully saturated rings. The molecule has 0 atom stereocenters. The number of carbonyl (C=O) groups excluding carboxylic acids is 1. The molecule has 0 aromatic carbocycles. The van der Waals surface area contributed by atoms with E-state index in [-0.39, 0.29) is 17.3 Å². The van der Waals surface area contributed by atoms with Gasteiger partial charge < -0.3 is 10.4 Å². The lowest BCUT2D eigenvalue weighted by atomic mass is 10.2. The SMILES string of the molecule is O=C(O)c1ccnc(NC(=O)c2cc3c(s2)CCSC3)c1. The van der Waals surface area contributed by atoms with E-state index in [0.717, 1.165) is 17.9 Å². The number of rotatable bonds is 3. The maximum Gasteiger partial charge on any atom is 0.335 e. The molecule has 1 aliphatic heterocycles. The Kier molecular flexibility index (Phi) is 3.94. The Hall–Kier alpha value is -1.86. The van der Waals surface area contributed by atoms with Gasteiger partial charge >= 0.3 is 5.97 Å². The Morgan fingerprint density at radius 1 is 1.33 bits per heavy atom. The Balaban J connectivity index is 1.78. The van der Waals surface area contributed by atoms with E-state index >= 15 is 0 Å². The van der Waals surface area contributed by atoms with Crippen LogP contribution in [0.4, 0.5) is 5.82 Å². The van der Waals surface area contributed by atoms with Gasteiger partial charge in [0.05, 0.1) is 10.4 Å². The summed E-state index contributed by atoms with van der Waals surface area (Å²) in [5.41, 5.74) is 1.33. The average molecular weight is 320 g/mol. The number of pyridine rings is 1. The van der Waals surface area contributed by atoms with Crippen molar-refractivity contribution in [3.05, 3.63) is 45.3 Å². The largest absolute Gasteiger partial charge is 0.478 e. The molecule has 3 heterocycles. The molecule has 108 valence electrons. The van der Waals surface area contributed by atoms with Crippen molar-refractivity contribution in [2.75, 3.05) is 11.1 Å². The number of nitrogens with zero attached hydrogens (tertiary/aromatic N) is 1. The highest BCUT2D eigenvalue weighted by Gasteiger charge is 2.18. The van der Waals surface area contributed by atoms with Gasteiger partial charge in [0, 0.05) is 16.8 Å². The van der Waals surface area contributed by atoms with E-state index in [1.165, 1.54) is 40.1 Å². The van der Waals surface area contributed by atoms with Crippen LogP contribution >= 0.6 is 23.1 Å². The number of amides is 1. The monoisotopic (exact) mass is 320 g/mol. The molecule has 1 amide bonds. The van der Waals surface area contributed by atoms with Gasteiger partial charge in [-0.05, 0) is 35.9 Å². The fraction of sp³-hybridized carbons (Fsp3) is 0.214. The number of carbonyl (C=O) groups is 2. The van der Waals surface area contributed by atoms with Crippen LogP contribution in [-0.4, -0.2) is 27.7 Å². The van der Waals surface area contributed by atoms with E-state index in [4.69, 9.17) is 5.11 Å². The lowest BCUT2D eigenvalue weighted by Crippen LogP contribution is -2.12. The molecule has 7 heteroatoms. The van der Waals surface area contributed by atoms with Crippen LogP contribution in [0.25, 0.3) is 0 Å². The number of thioether (sulfide) groups is 1. The van der Waals surface area contributed by atoms with Crippen molar-refractivity contribution < 1.29 is 14.7 Å². The number of hydrogen-bond donors (Lipinski definition) is 2. The molecule has 0 saturated heterocycles. The van der Waals surface area contributed by atoms with E-state index < -0.39 is 5.97 Å². The van der Waals surface area contributed by atoms with Gasteiger partial charge in [-0.3, -0.25) is 4.79 Å². The van der Waals surface area contributed by atoms with Gasteiger partial charge in [-0.25, -0.2) is 9.78 Å². The number of aromatic nitrogens is 1. The molecule has 0 aliphatic carbocycles. The summed E-state index contributed by atoms with van der Waals surface area (Å²) in [7, 11) is 0. The number of anilines is 1. The molecule has 2 aromatic rings. The van der Waals surface area contributed by atoms with Gasteiger partial charge in [-0.15, -0.1) is 11.3 Å². The fourth-order valence-corrected chi connectivity index (χ4v) is 4.34. The maximum atomic E-state index is 12.2. The molecule has 0 radical (unpaired) electrons. The van der Waals surface area contributed by atoms with Gasteiger partial charge in [-0.2, -0.15) is 11.8 Å². The molecule has 5 nitrogen and oxygen atoms in total. The minimum absolute atomic E-state index is 0.0992. The third kappa shape index (κ3) is 3.08. The van der Waals surface area contributed by atoms with Gasteiger partial charge in [0.25, 0.3) is 5.91 Å². The molecule has 2 N–H and O–H groups in total. The minimum Gasteiger partial charge on any atom is -0.478 e. The molecule has 21 heavy (non-hydrogen) atoms. The Morgan fingerprint density at radius 3 is 2.95 bits per heavy atom. The van der Waals surface area contributed by atoms with Crippen LogP contribution in [0.15, 0.2) is 24.4 Å². The van der Waals surface area contributed by atoms with Gasteiger partial charge in [-0.1, -0.05) is 0 Å². The van der Waals surface area contributed by atoms with Crippen molar-refractivity contribution in [2.24, 2.45) is 0 Å². The zero-order valence-corrected chi connectivity index (χ0v) is 12.6. The second-order valence-electron chi connectivity index (χ2n) is 4.55. The molecule has 0 bridgehead atoms. The number of hydrogen-bond acceptors (Lipinski definition) is 5. The van der Waals surface area contributed by atoms with Crippen LogP contribution in [0.2, 0.25) is 0 Å². The third-order valence-electron chi connectivity index (χ3n) is 3.10. The van der Waals surface area contributed by atoms with Crippen molar-refractivity contribution >= 4 is 40.8 Å². The second-order valence-corrected chi connectivity index (χ2v) is 6.79. The van der Waals surface area contributed by atoms with Crippen molar-refractivity contribution in [2.45, 2.75) is 12.2 Å². The summed E-state index contributed by atoms with van der Waals surface area (Å²) in [6.45, 7) is 0. The first kappa shape index (κ1) is 14.1. The lowest BCUT2D eigenvalue weighted by Gasteiger charge is -2.08. The average Bonchev–Trinajstić information content (AvgIpc) is 2.91. The van der Waals surface area contributed by atoms with E-state index in [1.54, 1.807) is 0 Å². The molecular formula is C14H12N2O3S2. The third-order valence-corrected chi connectivity index (χ3v) is 5.34. The van der Waals surface area contributed by atoms with Crippen LogP contribution in [0.3, 0.4) is 0 Å². The van der Waals surface area contributed by atoms with E-state index in [0.29, 0.717) is 4.88 Å². The molecular weight excluding hydrogens is 308 g/mol.